The van der Waals surface area contributed by atoms with Gasteiger partial charge in [-0.05, 0) is 12.5 Å². The SMILES string of the molecule is CC(=O)NC(=N)C(C)(COCc1ccccc1)NC=O. The molecule has 0 aliphatic carbocycles. The van der Waals surface area contributed by atoms with Crippen molar-refractivity contribution in [1.82, 2.24) is 10.6 Å². The lowest BCUT2D eigenvalue weighted by Gasteiger charge is -2.29. The summed E-state index contributed by atoms with van der Waals surface area (Å²) in [4.78, 5) is 21.7. The number of nitrogens with one attached hydrogen (secondary N) is 3. The van der Waals surface area contributed by atoms with Crippen molar-refractivity contribution in [2.45, 2.75) is 26.0 Å². The number of hydrogen-bond acceptors (Lipinski definition) is 4. The molecule has 1 rings (SSSR count). The van der Waals surface area contributed by atoms with Crippen LogP contribution in [0.4, 0.5) is 0 Å². The Bertz CT molecular complexity index is 476. The Morgan fingerprint density at radius 1 is 1.40 bits per heavy atom. The first-order chi connectivity index (χ1) is 9.48. The number of ether oxygens (including phenoxy) is 1. The van der Waals surface area contributed by atoms with Gasteiger partial charge in [0, 0.05) is 6.92 Å². The van der Waals surface area contributed by atoms with E-state index in [4.69, 9.17) is 10.1 Å². The molecule has 0 saturated heterocycles. The number of carbonyl (C=O) groups excluding carboxylic acids is 2. The van der Waals surface area contributed by atoms with E-state index in [1.807, 2.05) is 30.3 Å². The molecule has 1 aromatic carbocycles. The lowest BCUT2D eigenvalue weighted by atomic mass is 10.0. The van der Waals surface area contributed by atoms with Gasteiger partial charge in [0.25, 0.3) is 0 Å². The van der Waals surface area contributed by atoms with Gasteiger partial charge >= 0.3 is 0 Å². The highest BCUT2D eigenvalue weighted by molar-refractivity contribution is 6.01. The van der Waals surface area contributed by atoms with Crippen LogP contribution >= 0.6 is 0 Å². The van der Waals surface area contributed by atoms with Gasteiger partial charge < -0.3 is 15.4 Å². The number of benzene rings is 1. The third-order valence-corrected chi connectivity index (χ3v) is 2.73. The molecule has 6 nitrogen and oxygen atoms in total. The smallest absolute Gasteiger partial charge is 0.222 e. The lowest BCUT2D eigenvalue weighted by molar-refractivity contribution is -0.118. The molecule has 1 aromatic rings. The van der Waals surface area contributed by atoms with Crippen molar-refractivity contribution >= 4 is 18.2 Å². The molecule has 0 aliphatic rings. The molecule has 108 valence electrons. The van der Waals surface area contributed by atoms with Gasteiger partial charge in [-0.25, -0.2) is 0 Å². The number of hydrogen-bond donors (Lipinski definition) is 3. The fourth-order valence-electron chi connectivity index (χ4n) is 1.58. The maximum Gasteiger partial charge on any atom is 0.222 e. The summed E-state index contributed by atoms with van der Waals surface area (Å²) in [6.45, 7) is 3.37. The average Bonchev–Trinajstić information content (AvgIpc) is 2.39. The molecule has 0 aromatic heterocycles. The molecule has 1 atom stereocenters. The molecule has 0 bridgehead atoms. The highest BCUT2D eigenvalue weighted by Gasteiger charge is 2.30. The zero-order valence-electron chi connectivity index (χ0n) is 11.6. The summed E-state index contributed by atoms with van der Waals surface area (Å²) in [6, 6.07) is 9.56. The van der Waals surface area contributed by atoms with Gasteiger partial charge in [-0.1, -0.05) is 30.3 Å². The second-order valence-electron chi connectivity index (χ2n) is 4.63. The van der Waals surface area contributed by atoms with Crippen LogP contribution in [0.3, 0.4) is 0 Å². The summed E-state index contributed by atoms with van der Waals surface area (Å²) in [5.74, 6) is -0.470. The summed E-state index contributed by atoms with van der Waals surface area (Å²) >= 11 is 0. The molecule has 6 heteroatoms. The van der Waals surface area contributed by atoms with Crippen molar-refractivity contribution < 1.29 is 14.3 Å². The molecule has 20 heavy (non-hydrogen) atoms. The largest absolute Gasteiger partial charge is 0.374 e. The van der Waals surface area contributed by atoms with E-state index in [0.29, 0.717) is 13.0 Å². The molecule has 0 aliphatic heterocycles. The van der Waals surface area contributed by atoms with E-state index in [1.54, 1.807) is 6.92 Å². The van der Waals surface area contributed by atoms with E-state index in [-0.39, 0.29) is 18.3 Å². The highest BCUT2D eigenvalue weighted by atomic mass is 16.5. The topological polar surface area (TPSA) is 91.3 Å². The third-order valence-electron chi connectivity index (χ3n) is 2.73. The highest BCUT2D eigenvalue weighted by Crippen LogP contribution is 2.08. The van der Waals surface area contributed by atoms with Gasteiger partial charge in [0.1, 0.15) is 11.4 Å². The molecule has 0 heterocycles. The summed E-state index contributed by atoms with van der Waals surface area (Å²) in [5, 5.41) is 12.7. The molecular formula is C14H19N3O3. The Morgan fingerprint density at radius 2 is 2.05 bits per heavy atom. The predicted octanol–water partition coefficient (Wildman–Crippen LogP) is 0.821. The summed E-state index contributed by atoms with van der Waals surface area (Å²) in [7, 11) is 0. The van der Waals surface area contributed by atoms with Crippen LogP contribution in [0, 0.1) is 5.41 Å². The van der Waals surface area contributed by atoms with Crippen molar-refractivity contribution in [3.05, 3.63) is 35.9 Å². The van der Waals surface area contributed by atoms with E-state index >= 15 is 0 Å². The van der Waals surface area contributed by atoms with Gasteiger partial charge in [0.15, 0.2) is 0 Å². The van der Waals surface area contributed by atoms with E-state index in [1.165, 1.54) is 6.92 Å². The maximum absolute atomic E-state index is 11.0. The first kappa shape index (κ1) is 15.8. The minimum absolute atomic E-state index is 0.0831. The molecule has 0 saturated carbocycles. The van der Waals surface area contributed by atoms with Gasteiger partial charge in [-0.15, -0.1) is 0 Å². The van der Waals surface area contributed by atoms with Crippen molar-refractivity contribution in [2.24, 2.45) is 0 Å². The maximum atomic E-state index is 11.0. The van der Waals surface area contributed by atoms with E-state index in [2.05, 4.69) is 10.6 Å². The van der Waals surface area contributed by atoms with Crippen LogP contribution in [0.5, 0.6) is 0 Å². The Hall–Kier alpha value is -2.21. The number of rotatable bonds is 7. The quantitative estimate of drug-likeness (QED) is 0.391. The molecule has 0 fully saturated rings. The fraction of sp³-hybridized carbons (Fsp3) is 0.357. The minimum Gasteiger partial charge on any atom is -0.374 e. The lowest BCUT2D eigenvalue weighted by Crippen LogP contribution is -2.57. The summed E-state index contributed by atoms with van der Waals surface area (Å²) in [5.41, 5.74) is -0.0747. The van der Waals surface area contributed by atoms with Gasteiger partial charge in [0.05, 0.1) is 13.2 Å². The first-order valence-corrected chi connectivity index (χ1v) is 6.17. The fourth-order valence-corrected chi connectivity index (χ4v) is 1.58. The van der Waals surface area contributed by atoms with E-state index in [0.717, 1.165) is 5.56 Å². The average molecular weight is 277 g/mol. The molecule has 3 N–H and O–H groups in total. The number of carbonyl (C=O) groups is 2. The van der Waals surface area contributed by atoms with Gasteiger partial charge in [-0.2, -0.15) is 0 Å². The van der Waals surface area contributed by atoms with Crippen LogP contribution < -0.4 is 10.6 Å². The number of amides is 2. The molecule has 1 unspecified atom stereocenters. The van der Waals surface area contributed by atoms with Gasteiger partial charge in [-0.3, -0.25) is 15.0 Å². The molecule has 2 amide bonds. The molecular weight excluding hydrogens is 258 g/mol. The van der Waals surface area contributed by atoms with E-state index in [9.17, 15) is 9.59 Å². The van der Waals surface area contributed by atoms with Crippen LogP contribution in [0.25, 0.3) is 0 Å². The summed E-state index contributed by atoms with van der Waals surface area (Å²) in [6.07, 6.45) is 0.488. The van der Waals surface area contributed by atoms with Crippen molar-refractivity contribution in [3.63, 3.8) is 0 Å². The van der Waals surface area contributed by atoms with E-state index < -0.39 is 5.54 Å². The number of amidine groups is 1. The Balaban J connectivity index is 2.59. The van der Waals surface area contributed by atoms with Gasteiger partial charge in [0.2, 0.25) is 12.3 Å². The van der Waals surface area contributed by atoms with Crippen LogP contribution in [0.1, 0.15) is 19.4 Å². The molecule has 0 radical (unpaired) electrons. The first-order valence-electron chi connectivity index (χ1n) is 6.17. The Labute approximate surface area is 118 Å². The third kappa shape index (κ3) is 4.81. The zero-order chi connectivity index (χ0) is 15.0. The Morgan fingerprint density at radius 3 is 2.60 bits per heavy atom. The predicted molar refractivity (Wildman–Crippen MR) is 75.2 cm³/mol. The van der Waals surface area contributed by atoms with Crippen LogP contribution in [0.2, 0.25) is 0 Å². The van der Waals surface area contributed by atoms with Crippen LogP contribution in [-0.4, -0.2) is 30.3 Å². The van der Waals surface area contributed by atoms with Crippen LogP contribution in [0.15, 0.2) is 30.3 Å². The monoisotopic (exact) mass is 277 g/mol. The van der Waals surface area contributed by atoms with Crippen LogP contribution in [-0.2, 0) is 20.9 Å². The zero-order valence-corrected chi connectivity index (χ0v) is 11.6. The molecule has 0 spiro atoms. The van der Waals surface area contributed by atoms with Crippen molar-refractivity contribution in [3.8, 4) is 0 Å². The normalized spacial score (nSPS) is 13.1. The summed E-state index contributed by atoms with van der Waals surface area (Å²) < 4.78 is 5.53. The van der Waals surface area contributed by atoms with Crippen molar-refractivity contribution in [1.29, 1.82) is 5.41 Å². The second-order valence-corrected chi connectivity index (χ2v) is 4.63. The second kappa shape index (κ2) is 7.40. The Kier molecular flexibility index (Phi) is 5.86. The van der Waals surface area contributed by atoms with Crippen molar-refractivity contribution in [2.75, 3.05) is 6.61 Å². The minimum atomic E-state index is -1.07. The standard InChI is InChI=1S/C14H19N3O3/c1-11(19)17-13(15)14(2,16-10-18)9-20-8-12-6-4-3-5-7-12/h3-7,10H,8-9H2,1-2H3,(H,16,18)(H2,15,17,19).